The van der Waals surface area contributed by atoms with E-state index in [1.165, 1.54) is 31.4 Å². The third-order valence-electron chi connectivity index (χ3n) is 4.96. The zero-order valence-electron chi connectivity index (χ0n) is 17.7. The molecule has 2 N–H and O–H groups in total. The molecule has 1 amide bonds. The largest absolute Gasteiger partial charge is 0.376 e. The normalized spacial score (nSPS) is 20.8. The van der Waals surface area contributed by atoms with Crippen LogP contribution in [0.15, 0.2) is 23.1 Å². The molecule has 0 saturated heterocycles. The molecule has 0 spiro atoms. The Morgan fingerprint density at radius 3 is 2.54 bits per heavy atom. The molecule has 2 rings (SSSR count). The first kappa shape index (κ1) is 22.8. The standard InChI is InChI=1S/C21H34N2O4S/c1-15-10-11-17(28(25,26)23-21(3,4)5)14-18(15)20(24)22-12-13-27-19-9-7-6-8-16(19)2/h10-11,14,16,19,23H,6-9,12-13H2,1-5H3,(H,22,24). The molecule has 6 nitrogen and oxygen atoms in total. The predicted molar refractivity (Wildman–Crippen MR) is 111 cm³/mol. The van der Waals surface area contributed by atoms with E-state index in [0.717, 1.165) is 12.0 Å². The molecule has 0 bridgehead atoms. The van der Waals surface area contributed by atoms with Crippen molar-refractivity contribution in [1.29, 1.82) is 0 Å². The molecule has 1 aromatic rings. The molecule has 0 radical (unpaired) electrons. The van der Waals surface area contributed by atoms with Crippen LogP contribution in [0.5, 0.6) is 0 Å². The lowest BCUT2D eigenvalue weighted by atomic mass is 9.88. The van der Waals surface area contributed by atoms with E-state index < -0.39 is 15.6 Å². The van der Waals surface area contributed by atoms with Crippen LogP contribution in [0, 0.1) is 12.8 Å². The molecule has 1 fully saturated rings. The average Bonchev–Trinajstić information content (AvgIpc) is 2.58. The SMILES string of the molecule is Cc1ccc(S(=O)(=O)NC(C)(C)C)cc1C(=O)NCCOC1CCCCC1C. The van der Waals surface area contributed by atoms with Gasteiger partial charge >= 0.3 is 0 Å². The van der Waals surface area contributed by atoms with Crippen LogP contribution in [0.3, 0.4) is 0 Å². The Morgan fingerprint density at radius 1 is 1.21 bits per heavy atom. The summed E-state index contributed by atoms with van der Waals surface area (Å²) in [6, 6.07) is 4.61. The Hall–Kier alpha value is -1.44. The van der Waals surface area contributed by atoms with E-state index in [1.807, 2.05) is 0 Å². The number of benzene rings is 1. The van der Waals surface area contributed by atoms with Crippen LogP contribution < -0.4 is 10.0 Å². The Kier molecular flexibility index (Phi) is 7.65. The van der Waals surface area contributed by atoms with Crippen LogP contribution in [-0.4, -0.2) is 39.1 Å². The number of amides is 1. The molecule has 0 aromatic heterocycles. The van der Waals surface area contributed by atoms with Crippen LogP contribution in [-0.2, 0) is 14.8 Å². The van der Waals surface area contributed by atoms with Gasteiger partial charge in [-0.15, -0.1) is 0 Å². The van der Waals surface area contributed by atoms with Crippen molar-refractivity contribution in [3.05, 3.63) is 29.3 Å². The number of hydrogen-bond donors (Lipinski definition) is 2. The zero-order chi connectivity index (χ0) is 20.9. The summed E-state index contributed by atoms with van der Waals surface area (Å²) < 4.78 is 33.6. The first-order chi connectivity index (χ1) is 13.0. The number of carbonyl (C=O) groups excluding carboxylic acids is 1. The second-order valence-corrected chi connectivity index (χ2v) is 10.4. The first-order valence-corrected chi connectivity index (χ1v) is 11.5. The molecule has 7 heteroatoms. The van der Waals surface area contributed by atoms with Gasteiger partial charge in [-0.3, -0.25) is 4.79 Å². The molecule has 1 aliphatic carbocycles. The van der Waals surface area contributed by atoms with E-state index in [4.69, 9.17) is 4.74 Å². The summed E-state index contributed by atoms with van der Waals surface area (Å²) in [6.07, 6.45) is 5.00. The minimum Gasteiger partial charge on any atom is -0.376 e. The van der Waals surface area contributed by atoms with Crippen molar-refractivity contribution in [3.63, 3.8) is 0 Å². The van der Waals surface area contributed by atoms with Gasteiger partial charge in [0, 0.05) is 17.6 Å². The zero-order valence-corrected chi connectivity index (χ0v) is 18.5. The smallest absolute Gasteiger partial charge is 0.251 e. The fourth-order valence-electron chi connectivity index (χ4n) is 3.47. The molecule has 0 heterocycles. The molecule has 1 aliphatic rings. The Bertz CT molecular complexity index is 784. The van der Waals surface area contributed by atoms with Gasteiger partial charge in [-0.2, -0.15) is 0 Å². The summed E-state index contributed by atoms with van der Waals surface area (Å²) in [6.45, 7) is 10.2. The highest BCUT2D eigenvalue weighted by Crippen LogP contribution is 2.26. The monoisotopic (exact) mass is 410 g/mol. The summed E-state index contributed by atoms with van der Waals surface area (Å²) in [5.41, 5.74) is 0.497. The van der Waals surface area contributed by atoms with E-state index in [9.17, 15) is 13.2 Å². The van der Waals surface area contributed by atoms with Gasteiger partial charge in [-0.1, -0.05) is 25.8 Å². The maximum absolute atomic E-state index is 12.6. The van der Waals surface area contributed by atoms with Gasteiger partial charge in [0.25, 0.3) is 5.91 Å². The molecule has 0 aliphatic heterocycles. The number of ether oxygens (including phenoxy) is 1. The third kappa shape index (κ3) is 6.57. The van der Waals surface area contributed by atoms with Crippen molar-refractivity contribution in [3.8, 4) is 0 Å². The van der Waals surface area contributed by atoms with Gasteiger partial charge in [-0.05, 0) is 64.2 Å². The van der Waals surface area contributed by atoms with Gasteiger partial charge in [0.2, 0.25) is 10.0 Å². The summed E-state index contributed by atoms with van der Waals surface area (Å²) in [5.74, 6) is 0.273. The van der Waals surface area contributed by atoms with Crippen LogP contribution in [0.25, 0.3) is 0 Å². The summed E-state index contributed by atoms with van der Waals surface area (Å²) in [7, 11) is -3.69. The summed E-state index contributed by atoms with van der Waals surface area (Å²) in [5, 5.41) is 2.84. The number of nitrogens with one attached hydrogen (secondary N) is 2. The first-order valence-electron chi connectivity index (χ1n) is 10.0. The third-order valence-corrected chi connectivity index (χ3v) is 6.71. The summed E-state index contributed by atoms with van der Waals surface area (Å²) >= 11 is 0. The van der Waals surface area contributed by atoms with Gasteiger partial charge in [0.05, 0.1) is 17.6 Å². The van der Waals surface area contributed by atoms with E-state index in [2.05, 4.69) is 17.0 Å². The molecular weight excluding hydrogens is 376 g/mol. The van der Waals surface area contributed by atoms with Crippen molar-refractivity contribution in [2.75, 3.05) is 13.2 Å². The number of carbonyl (C=O) groups is 1. The second kappa shape index (κ2) is 9.37. The van der Waals surface area contributed by atoms with Crippen LogP contribution >= 0.6 is 0 Å². The van der Waals surface area contributed by atoms with Crippen molar-refractivity contribution in [1.82, 2.24) is 10.0 Å². The van der Waals surface area contributed by atoms with Gasteiger partial charge in [0.15, 0.2) is 0 Å². The van der Waals surface area contributed by atoms with E-state index in [0.29, 0.717) is 24.6 Å². The molecule has 1 saturated carbocycles. The Labute approximate surface area is 169 Å². The predicted octanol–water partition coefficient (Wildman–Crippen LogP) is 3.40. The van der Waals surface area contributed by atoms with E-state index >= 15 is 0 Å². The number of rotatable bonds is 7. The average molecular weight is 411 g/mol. The highest BCUT2D eigenvalue weighted by molar-refractivity contribution is 7.89. The van der Waals surface area contributed by atoms with Crippen LogP contribution in [0.4, 0.5) is 0 Å². The lowest BCUT2D eigenvalue weighted by Gasteiger charge is -2.28. The topological polar surface area (TPSA) is 84.5 Å². The lowest BCUT2D eigenvalue weighted by Crippen LogP contribution is -2.40. The fourth-order valence-corrected chi connectivity index (χ4v) is 4.92. The highest BCUT2D eigenvalue weighted by Gasteiger charge is 2.24. The molecule has 2 atom stereocenters. The maximum atomic E-state index is 12.6. The molecule has 2 unspecified atom stereocenters. The number of sulfonamides is 1. The van der Waals surface area contributed by atoms with E-state index in [-0.39, 0.29) is 16.9 Å². The van der Waals surface area contributed by atoms with Crippen LogP contribution in [0.2, 0.25) is 0 Å². The van der Waals surface area contributed by atoms with Gasteiger partial charge in [-0.25, -0.2) is 13.1 Å². The Balaban J connectivity index is 1.97. The minimum absolute atomic E-state index is 0.0884. The lowest BCUT2D eigenvalue weighted by molar-refractivity contribution is -0.00294. The minimum atomic E-state index is -3.69. The summed E-state index contributed by atoms with van der Waals surface area (Å²) in [4.78, 5) is 12.7. The second-order valence-electron chi connectivity index (χ2n) is 8.76. The Morgan fingerprint density at radius 2 is 1.89 bits per heavy atom. The van der Waals surface area contributed by atoms with Crippen molar-refractivity contribution in [2.45, 2.75) is 76.8 Å². The molecule has 28 heavy (non-hydrogen) atoms. The van der Waals surface area contributed by atoms with Crippen LogP contribution in [0.1, 0.15) is 69.3 Å². The molecule has 158 valence electrons. The van der Waals surface area contributed by atoms with Crippen molar-refractivity contribution in [2.24, 2.45) is 5.92 Å². The van der Waals surface area contributed by atoms with Gasteiger partial charge in [0.1, 0.15) is 0 Å². The van der Waals surface area contributed by atoms with Gasteiger partial charge < -0.3 is 10.1 Å². The molecule has 1 aromatic carbocycles. The van der Waals surface area contributed by atoms with Crippen molar-refractivity contribution >= 4 is 15.9 Å². The van der Waals surface area contributed by atoms with Crippen molar-refractivity contribution < 1.29 is 17.9 Å². The highest BCUT2D eigenvalue weighted by atomic mass is 32.2. The number of hydrogen-bond acceptors (Lipinski definition) is 4. The quantitative estimate of drug-likeness (QED) is 0.675. The number of aryl methyl sites for hydroxylation is 1. The molecular formula is C21H34N2O4S. The van der Waals surface area contributed by atoms with E-state index in [1.54, 1.807) is 33.8 Å². The fraction of sp³-hybridized carbons (Fsp3) is 0.667. The maximum Gasteiger partial charge on any atom is 0.251 e.